The van der Waals surface area contributed by atoms with Crippen molar-refractivity contribution in [3.8, 4) is 46.0 Å². The summed E-state index contributed by atoms with van der Waals surface area (Å²) in [6.07, 6.45) is 0. The Balaban J connectivity index is -0.000000249. The van der Waals surface area contributed by atoms with E-state index in [2.05, 4.69) is 0 Å². The summed E-state index contributed by atoms with van der Waals surface area (Å²) in [5.74, 6) is 4.44. The Kier molecular flexibility index (Phi) is 38.2. The van der Waals surface area contributed by atoms with Crippen LogP contribution in [0.5, 0.6) is 46.0 Å². The van der Waals surface area contributed by atoms with Gasteiger partial charge in [0.1, 0.15) is 34.5 Å². The zero-order valence-electron chi connectivity index (χ0n) is 30.1. The van der Waals surface area contributed by atoms with Crippen LogP contribution in [-0.4, -0.2) is 63.1 Å². The summed E-state index contributed by atoms with van der Waals surface area (Å²) in [6.45, 7) is 4.00. The predicted molar refractivity (Wildman–Crippen MR) is 196 cm³/mol. The summed E-state index contributed by atoms with van der Waals surface area (Å²) in [4.78, 5) is 0. The van der Waals surface area contributed by atoms with Crippen LogP contribution < -0.4 is 23.7 Å². The van der Waals surface area contributed by atoms with Crippen LogP contribution >= 0.6 is 0 Å². The number of ether oxygens (including phenoxy) is 5. The van der Waals surface area contributed by atoms with Gasteiger partial charge in [-0.2, -0.15) is 0 Å². The summed E-state index contributed by atoms with van der Waals surface area (Å²) < 4.78 is 24.3. The maximum Gasteiger partial charge on any atom is 0.160 e. The molecule has 5 aromatic carbocycles. The molecule has 4 N–H and O–H groups in total. The summed E-state index contributed by atoms with van der Waals surface area (Å²) in [5.41, 5.74) is 0. The van der Waals surface area contributed by atoms with E-state index in [9.17, 15) is 0 Å². The molecule has 0 heterocycles. The van der Waals surface area contributed by atoms with Gasteiger partial charge in [-0.1, -0.05) is 68.4 Å². The Bertz CT molecular complexity index is 1330. The van der Waals surface area contributed by atoms with Gasteiger partial charge in [0.2, 0.25) is 0 Å². The first-order valence-electron chi connectivity index (χ1n) is 14.5. The summed E-state index contributed by atoms with van der Waals surface area (Å²) in [7, 11) is 9.00. The maximum absolute atomic E-state index is 8.99. The number of phenols is 3. The summed E-state index contributed by atoms with van der Waals surface area (Å²) >= 11 is 0. The minimum atomic E-state index is 0. The molecule has 0 amide bonds. The normalized spacial score (nSPS) is 8.02. The summed E-state index contributed by atoms with van der Waals surface area (Å²) in [6, 6.07) is 39.4. The average Bonchev–Trinajstić information content (AvgIpc) is 3.15. The van der Waals surface area contributed by atoms with E-state index in [-0.39, 0.29) is 57.4 Å². The number of phenolic OH excluding ortho intramolecular Hbond substituents is 3. The van der Waals surface area contributed by atoms with Crippen LogP contribution in [0, 0.1) is 7.43 Å². The number of hydrogen-bond acceptors (Lipinski definition) is 9. The molecule has 0 aromatic heterocycles. The molecule has 267 valence electrons. The van der Waals surface area contributed by atoms with Crippen LogP contribution in [0.15, 0.2) is 133 Å². The molecule has 0 aliphatic rings. The van der Waals surface area contributed by atoms with Crippen molar-refractivity contribution >= 4 is 0 Å². The van der Waals surface area contributed by atoms with Gasteiger partial charge in [-0.15, -0.1) is 0 Å². The second-order valence-corrected chi connectivity index (χ2v) is 8.11. The fourth-order valence-corrected chi connectivity index (χ4v) is 2.94. The molecular weight excluding hydrogens is 701 g/mol. The zero-order chi connectivity index (χ0) is 35.7. The van der Waals surface area contributed by atoms with Gasteiger partial charge in [-0.25, -0.2) is 0 Å². The first-order chi connectivity index (χ1) is 22.9. The van der Waals surface area contributed by atoms with E-state index in [1.807, 2.05) is 74.5 Å². The molecule has 0 aliphatic heterocycles. The van der Waals surface area contributed by atoms with E-state index in [0.29, 0.717) is 11.5 Å². The largest absolute Gasteiger partial charge is 0.508 e. The first kappa shape index (κ1) is 51.4. The molecule has 0 bridgehead atoms. The minimum Gasteiger partial charge on any atom is -0.508 e. The molecule has 9 nitrogen and oxygen atoms in total. The summed E-state index contributed by atoms with van der Waals surface area (Å²) in [5, 5.41) is 33.6. The molecule has 0 saturated heterocycles. The van der Waals surface area contributed by atoms with Crippen LogP contribution in [-0.2, 0) is 32.7 Å². The maximum atomic E-state index is 8.99. The second kappa shape index (κ2) is 36.4. The van der Waals surface area contributed by atoms with Crippen molar-refractivity contribution < 1.29 is 76.8 Å². The van der Waals surface area contributed by atoms with Gasteiger partial charge in [0.25, 0.3) is 0 Å². The van der Waals surface area contributed by atoms with E-state index in [1.165, 1.54) is 7.11 Å². The molecule has 49 heavy (non-hydrogen) atoms. The quantitative estimate of drug-likeness (QED) is 0.130. The van der Waals surface area contributed by atoms with Crippen LogP contribution in [0.4, 0.5) is 0 Å². The van der Waals surface area contributed by atoms with Crippen molar-refractivity contribution in [3.05, 3.63) is 141 Å². The third-order valence-corrected chi connectivity index (χ3v) is 5.17. The number of aliphatic hydroxyl groups excluding tert-OH is 1. The van der Waals surface area contributed by atoms with Crippen molar-refractivity contribution in [1.29, 1.82) is 0 Å². The standard InChI is InChI=1S/3C7H8O2.2C7H8O.C2H6.CH4O.CH3.Y/c1-9-7-4-2-6(8)3-5-7;1-9-7-4-2-3-6(8)5-7;1-9-7-5-3-2-4-6(7)8;2*1-8-7-5-3-2-4-6-7;2*1-2;;/h3*2-5,8H,1H3;2*2-6H,1H3;1-2H3;2H,1H3;1H3;/q;;;;;;;-1;. The smallest absolute Gasteiger partial charge is 0.160 e. The van der Waals surface area contributed by atoms with Gasteiger partial charge >= 0.3 is 0 Å². The molecule has 0 atom stereocenters. The van der Waals surface area contributed by atoms with Gasteiger partial charge in [0, 0.05) is 45.9 Å². The van der Waals surface area contributed by atoms with Crippen molar-refractivity contribution in [3.63, 3.8) is 0 Å². The molecule has 0 fully saturated rings. The number of aliphatic hydroxyl groups is 1. The molecule has 0 unspecified atom stereocenters. The van der Waals surface area contributed by atoms with Crippen LogP contribution in [0.25, 0.3) is 0 Å². The van der Waals surface area contributed by atoms with Gasteiger partial charge in [-0.3, -0.25) is 0 Å². The molecule has 1 radical (unpaired) electrons. The fourth-order valence-electron chi connectivity index (χ4n) is 2.94. The van der Waals surface area contributed by atoms with Gasteiger partial charge in [0.05, 0.1) is 35.5 Å². The first-order valence-corrected chi connectivity index (χ1v) is 14.5. The Labute approximate surface area is 318 Å². The van der Waals surface area contributed by atoms with Gasteiger partial charge in [0.15, 0.2) is 11.5 Å². The SMILES string of the molecule is CC.CO.COc1ccc(O)cc1.COc1cccc(O)c1.COc1ccccc1.COc1ccccc1.COc1ccccc1O.[CH3-].[Y]. The number of hydrogen-bond donors (Lipinski definition) is 4. The van der Waals surface area contributed by atoms with Crippen molar-refractivity contribution in [2.45, 2.75) is 13.8 Å². The molecular formula is C39H53O9Y-. The van der Waals surface area contributed by atoms with Gasteiger partial charge in [-0.05, 0) is 72.8 Å². The Morgan fingerprint density at radius 2 is 0.755 bits per heavy atom. The van der Waals surface area contributed by atoms with E-state index in [1.54, 1.807) is 101 Å². The van der Waals surface area contributed by atoms with Crippen molar-refractivity contribution in [2.24, 2.45) is 0 Å². The number of benzene rings is 5. The molecule has 0 saturated carbocycles. The zero-order valence-corrected chi connectivity index (χ0v) is 32.9. The second-order valence-electron chi connectivity index (χ2n) is 8.11. The Morgan fingerprint density at radius 3 is 1.06 bits per heavy atom. The van der Waals surface area contributed by atoms with Crippen molar-refractivity contribution in [2.75, 3.05) is 42.7 Å². The van der Waals surface area contributed by atoms with Gasteiger partial charge < -0.3 is 51.5 Å². The molecule has 5 rings (SSSR count). The third kappa shape index (κ3) is 27.2. The van der Waals surface area contributed by atoms with Crippen LogP contribution in [0.1, 0.15) is 13.8 Å². The number of methoxy groups -OCH3 is 5. The van der Waals surface area contributed by atoms with E-state index >= 15 is 0 Å². The third-order valence-electron chi connectivity index (χ3n) is 5.17. The number of aromatic hydroxyl groups is 3. The molecule has 0 spiro atoms. The molecule has 10 heteroatoms. The van der Waals surface area contributed by atoms with Crippen LogP contribution in [0.3, 0.4) is 0 Å². The fraction of sp³-hybridized carbons (Fsp3) is 0.205. The van der Waals surface area contributed by atoms with Crippen molar-refractivity contribution in [1.82, 2.24) is 0 Å². The van der Waals surface area contributed by atoms with E-state index < -0.39 is 0 Å². The Hall–Kier alpha value is -4.44. The number of para-hydroxylation sites is 4. The van der Waals surface area contributed by atoms with Crippen LogP contribution in [0.2, 0.25) is 0 Å². The van der Waals surface area contributed by atoms with E-state index in [0.717, 1.165) is 24.4 Å². The minimum absolute atomic E-state index is 0. The topological polar surface area (TPSA) is 127 Å². The Morgan fingerprint density at radius 1 is 0.388 bits per heavy atom. The molecule has 0 aliphatic carbocycles. The predicted octanol–water partition coefficient (Wildman–Crippen LogP) is 8.68. The monoisotopic (exact) mass is 754 g/mol. The van der Waals surface area contributed by atoms with E-state index in [4.69, 9.17) is 44.1 Å². The number of rotatable bonds is 5. The molecule has 5 aromatic rings. The average molecular weight is 755 g/mol.